The van der Waals surface area contributed by atoms with Crippen LogP contribution in [0.2, 0.25) is 0 Å². The molecule has 5 heteroatoms. The Balaban J connectivity index is 1.45. The molecule has 0 saturated heterocycles. The molecule has 0 bridgehead atoms. The molecule has 1 N–H and O–H groups in total. The van der Waals surface area contributed by atoms with Crippen LogP contribution in [0.4, 0.5) is 5.69 Å². The first-order chi connectivity index (χ1) is 14.5. The number of fused-ring (bicyclic) bond motifs is 1. The van der Waals surface area contributed by atoms with Crippen LogP contribution < -0.4 is 15.0 Å². The van der Waals surface area contributed by atoms with E-state index in [1.807, 2.05) is 17.0 Å². The average molecular weight is 407 g/mol. The van der Waals surface area contributed by atoms with Gasteiger partial charge >= 0.3 is 0 Å². The van der Waals surface area contributed by atoms with Gasteiger partial charge in [0.15, 0.2) is 0 Å². The number of nitrogens with one attached hydrogen (secondary N) is 1. The number of carbonyl (C=O) groups excluding carboxylic acids is 2. The molecule has 2 amide bonds. The molecule has 1 saturated carbocycles. The third kappa shape index (κ3) is 4.35. The predicted molar refractivity (Wildman–Crippen MR) is 118 cm³/mol. The van der Waals surface area contributed by atoms with E-state index in [0.717, 1.165) is 23.4 Å². The molecular formula is C25H30N2O3. The van der Waals surface area contributed by atoms with Gasteiger partial charge in [-0.3, -0.25) is 9.59 Å². The number of hydrogen-bond donors (Lipinski definition) is 1. The third-order valence-corrected chi connectivity index (χ3v) is 6.36. The lowest BCUT2D eigenvalue weighted by Gasteiger charge is -2.23. The van der Waals surface area contributed by atoms with Gasteiger partial charge in [0.05, 0.1) is 7.11 Å². The van der Waals surface area contributed by atoms with Crippen LogP contribution in [0.1, 0.15) is 60.5 Å². The van der Waals surface area contributed by atoms with Crippen LogP contribution >= 0.6 is 0 Å². The number of anilines is 1. The Morgan fingerprint density at radius 3 is 2.53 bits per heavy atom. The molecule has 0 unspecified atom stereocenters. The summed E-state index contributed by atoms with van der Waals surface area (Å²) in [5, 5.41) is 3.06. The number of rotatable bonds is 6. The van der Waals surface area contributed by atoms with Gasteiger partial charge in [-0.05, 0) is 73.6 Å². The standard InChI is InChI=1S/C25H30N2O3/c1-17-13-21-8-7-19(16-26-24(28)15-18-5-3-4-6-18)14-23(21)27(17)25(29)20-9-11-22(30-2)12-10-20/h7-12,14,17-18H,3-6,13,15-16H2,1-2H3,(H,26,28)/t17-/m0/s1. The molecule has 30 heavy (non-hydrogen) atoms. The number of hydrogen-bond acceptors (Lipinski definition) is 3. The summed E-state index contributed by atoms with van der Waals surface area (Å²) in [6.45, 7) is 2.57. The van der Waals surface area contributed by atoms with Crippen molar-refractivity contribution in [3.05, 3.63) is 59.2 Å². The van der Waals surface area contributed by atoms with E-state index in [1.54, 1.807) is 19.2 Å². The van der Waals surface area contributed by atoms with Crippen molar-refractivity contribution < 1.29 is 14.3 Å². The van der Waals surface area contributed by atoms with Crippen LogP contribution in [0, 0.1) is 5.92 Å². The predicted octanol–water partition coefficient (Wildman–Crippen LogP) is 4.48. The maximum absolute atomic E-state index is 13.2. The minimum atomic E-state index is -0.00804. The van der Waals surface area contributed by atoms with Gasteiger partial charge in [-0.15, -0.1) is 0 Å². The molecule has 0 aromatic heterocycles. The largest absolute Gasteiger partial charge is 0.497 e. The Labute approximate surface area is 178 Å². The molecule has 1 fully saturated rings. The number of methoxy groups -OCH3 is 1. The number of nitrogens with zero attached hydrogens (tertiary/aromatic N) is 1. The zero-order valence-corrected chi connectivity index (χ0v) is 17.8. The molecule has 1 heterocycles. The molecule has 0 radical (unpaired) electrons. The van der Waals surface area contributed by atoms with E-state index in [9.17, 15) is 9.59 Å². The molecular weight excluding hydrogens is 376 g/mol. The Bertz CT molecular complexity index is 916. The second-order valence-electron chi connectivity index (χ2n) is 8.55. The molecule has 2 aromatic carbocycles. The van der Waals surface area contributed by atoms with E-state index in [2.05, 4.69) is 30.4 Å². The maximum atomic E-state index is 13.2. The first-order valence-corrected chi connectivity index (χ1v) is 10.9. The maximum Gasteiger partial charge on any atom is 0.258 e. The van der Waals surface area contributed by atoms with Crippen molar-refractivity contribution in [2.24, 2.45) is 5.92 Å². The van der Waals surface area contributed by atoms with Crippen molar-refractivity contribution in [2.45, 2.75) is 58.0 Å². The molecule has 1 atom stereocenters. The fraction of sp³-hybridized carbons (Fsp3) is 0.440. The van der Waals surface area contributed by atoms with Gasteiger partial charge in [0.2, 0.25) is 5.91 Å². The highest BCUT2D eigenvalue weighted by Crippen LogP contribution is 2.34. The van der Waals surface area contributed by atoms with E-state index < -0.39 is 0 Å². The summed E-state index contributed by atoms with van der Waals surface area (Å²) >= 11 is 0. The molecule has 1 aliphatic heterocycles. The van der Waals surface area contributed by atoms with Gasteiger partial charge in [0, 0.05) is 30.3 Å². The van der Waals surface area contributed by atoms with Crippen molar-refractivity contribution in [2.75, 3.05) is 12.0 Å². The van der Waals surface area contributed by atoms with Gasteiger partial charge in [-0.1, -0.05) is 25.0 Å². The van der Waals surface area contributed by atoms with Crippen molar-refractivity contribution >= 4 is 17.5 Å². The minimum absolute atomic E-state index is 0.00804. The number of amides is 2. The second-order valence-corrected chi connectivity index (χ2v) is 8.55. The van der Waals surface area contributed by atoms with E-state index in [-0.39, 0.29) is 17.9 Å². The number of benzene rings is 2. The topological polar surface area (TPSA) is 58.6 Å². The van der Waals surface area contributed by atoms with Crippen LogP contribution in [0.15, 0.2) is 42.5 Å². The Morgan fingerprint density at radius 1 is 1.10 bits per heavy atom. The van der Waals surface area contributed by atoms with Gasteiger partial charge in [-0.2, -0.15) is 0 Å². The highest BCUT2D eigenvalue weighted by Gasteiger charge is 2.31. The molecule has 2 aliphatic rings. The van der Waals surface area contributed by atoms with Gasteiger partial charge in [0.25, 0.3) is 5.91 Å². The van der Waals surface area contributed by atoms with Crippen LogP contribution in [0.25, 0.3) is 0 Å². The highest BCUT2D eigenvalue weighted by molar-refractivity contribution is 6.07. The summed E-state index contributed by atoms with van der Waals surface area (Å²) in [4.78, 5) is 27.4. The minimum Gasteiger partial charge on any atom is -0.497 e. The van der Waals surface area contributed by atoms with E-state index >= 15 is 0 Å². The zero-order valence-electron chi connectivity index (χ0n) is 17.8. The van der Waals surface area contributed by atoms with Crippen LogP contribution in [0.5, 0.6) is 5.75 Å². The summed E-state index contributed by atoms with van der Waals surface area (Å²) in [7, 11) is 1.61. The highest BCUT2D eigenvalue weighted by atomic mass is 16.5. The molecule has 4 rings (SSSR count). The lowest BCUT2D eigenvalue weighted by atomic mass is 10.0. The van der Waals surface area contributed by atoms with Crippen molar-refractivity contribution in [3.8, 4) is 5.75 Å². The Morgan fingerprint density at radius 2 is 1.83 bits per heavy atom. The molecule has 158 valence electrons. The Hall–Kier alpha value is -2.82. The second kappa shape index (κ2) is 8.90. The first kappa shape index (κ1) is 20.5. The average Bonchev–Trinajstić information content (AvgIpc) is 3.38. The monoisotopic (exact) mass is 406 g/mol. The molecule has 2 aromatic rings. The van der Waals surface area contributed by atoms with Crippen molar-refractivity contribution in [1.82, 2.24) is 5.32 Å². The van der Waals surface area contributed by atoms with Crippen molar-refractivity contribution in [3.63, 3.8) is 0 Å². The smallest absolute Gasteiger partial charge is 0.258 e. The summed E-state index contributed by atoms with van der Waals surface area (Å²) < 4.78 is 5.20. The van der Waals surface area contributed by atoms with Crippen molar-refractivity contribution in [1.29, 1.82) is 0 Å². The zero-order chi connectivity index (χ0) is 21.1. The van der Waals surface area contributed by atoms with Gasteiger partial charge < -0.3 is 15.0 Å². The SMILES string of the molecule is COc1ccc(C(=O)N2c3cc(CNC(=O)CC4CCCC4)ccc3C[C@@H]2C)cc1. The van der Waals surface area contributed by atoms with E-state index in [1.165, 1.54) is 31.2 Å². The number of carbonyl (C=O) groups is 2. The van der Waals surface area contributed by atoms with E-state index in [4.69, 9.17) is 4.74 Å². The fourth-order valence-electron chi connectivity index (χ4n) is 4.69. The fourth-order valence-corrected chi connectivity index (χ4v) is 4.69. The summed E-state index contributed by atoms with van der Waals surface area (Å²) in [5.74, 6) is 1.40. The molecule has 0 spiro atoms. The quantitative estimate of drug-likeness (QED) is 0.769. The Kier molecular flexibility index (Phi) is 6.07. The lowest BCUT2D eigenvalue weighted by molar-refractivity contribution is -0.122. The van der Waals surface area contributed by atoms with Crippen LogP contribution in [0.3, 0.4) is 0 Å². The lowest BCUT2D eigenvalue weighted by Crippen LogP contribution is -2.35. The summed E-state index contributed by atoms with van der Waals surface area (Å²) in [6.07, 6.45) is 6.31. The van der Waals surface area contributed by atoms with Crippen LogP contribution in [-0.4, -0.2) is 25.0 Å². The molecule has 1 aliphatic carbocycles. The summed E-state index contributed by atoms with van der Waals surface area (Å²) in [5.41, 5.74) is 3.79. The van der Waals surface area contributed by atoms with Gasteiger partial charge in [-0.25, -0.2) is 0 Å². The summed E-state index contributed by atoms with van der Waals surface area (Å²) in [6, 6.07) is 13.5. The normalized spacial score (nSPS) is 18.3. The van der Waals surface area contributed by atoms with Gasteiger partial charge in [0.1, 0.15) is 5.75 Å². The third-order valence-electron chi connectivity index (χ3n) is 6.36. The van der Waals surface area contributed by atoms with Crippen LogP contribution in [-0.2, 0) is 17.8 Å². The molecule has 5 nitrogen and oxygen atoms in total. The number of ether oxygens (including phenoxy) is 1. The first-order valence-electron chi connectivity index (χ1n) is 10.9. The van der Waals surface area contributed by atoms with E-state index in [0.29, 0.717) is 24.4 Å².